The summed E-state index contributed by atoms with van der Waals surface area (Å²) in [7, 11) is -3.81. The SMILES string of the molecule is Cc1ccc(S(=O)(=O)N/N=C/c2ccc(O)c([N+](=O)[O-])c2)cc1. The molecule has 0 fully saturated rings. The summed E-state index contributed by atoms with van der Waals surface area (Å²) in [5.74, 6) is -0.479. The number of hydrogen-bond acceptors (Lipinski definition) is 6. The minimum atomic E-state index is -3.81. The van der Waals surface area contributed by atoms with Gasteiger partial charge in [0.05, 0.1) is 16.0 Å². The maximum absolute atomic E-state index is 12.0. The number of rotatable bonds is 5. The molecule has 0 spiro atoms. The van der Waals surface area contributed by atoms with E-state index < -0.39 is 26.4 Å². The monoisotopic (exact) mass is 335 g/mol. The number of aromatic hydroxyl groups is 1. The summed E-state index contributed by atoms with van der Waals surface area (Å²) >= 11 is 0. The molecule has 0 aliphatic carbocycles. The molecular formula is C14H13N3O5S. The molecule has 2 rings (SSSR count). The Hall–Kier alpha value is -2.94. The lowest BCUT2D eigenvalue weighted by Crippen LogP contribution is -2.18. The van der Waals surface area contributed by atoms with Crippen LogP contribution in [0, 0.1) is 17.0 Å². The molecule has 0 heterocycles. The third-order valence-corrected chi connectivity index (χ3v) is 4.15. The van der Waals surface area contributed by atoms with Gasteiger partial charge in [0.2, 0.25) is 0 Å². The Morgan fingerprint density at radius 1 is 1.22 bits per heavy atom. The highest BCUT2D eigenvalue weighted by Gasteiger charge is 2.14. The number of nitro groups is 1. The smallest absolute Gasteiger partial charge is 0.311 e. The molecule has 2 aromatic rings. The highest BCUT2D eigenvalue weighted by atomic mass is 32.2. The van der Waals surface area contributed by atoms with Crippen molar-refractivity contribution in [3.05, 3.63) is 63.7 Å². The van der Waals surface area contributed by atoms with Gasteiger partial charge in [-0.1, -0.05) is 17.7 Å². The van der Waals surface area contributed by atoms with Crippen molar-refractivity contribution >= 4 is 21.9 Å². The van der Waals surface area contributed by atoms with Crippen LogP contribution in [-0.4, -0.2) is 24.7 Å². The maximum Gasteiger partial charge on any atom is 0.311 e. The lowest BCUT2D eigenvalue weighted by atomic mass is 10.2. The number of nitrogens with zero attached hydrogens (tertiary/aromatic N) is 2. The van der Waals surface area contributed by atoms with Gasteiger partial charge in [0.25, 0.3) is 10.0 Å². The molecule has 2 N–H and O–H groups in total. The van der Waals surface area contributed by atoms with Crippen molar-refractivity contribution in [3.63, 3.8) is 0 Å². The molecule has 0 atom stereocenters. The molecule has 23 heavy (non-hydrogen) atoms. The van der Waals surface area contributed by atoms with Crippen molar-refractivity contribution in [3.8, 4) is 5.75 Å². The van der Waals surface area contributed by atoms with Gasteiger partial charge in [0.1, 0.15) is 0 Å². The van der Waals surface area contributed by atoms with E-state index in [-0.39, 0.29) is 10.5 Å². The first-order chi connectivity index (χ1) is 10.8. The van der Waals surface area contributed by atoms with E-state index in [2.05, 4.69) is 5.10 Å². The molecule has 0 unspecified atom stereocenters. The number of hydrazone groups is 1. The van der Waals surface area contributed by atoms with Crippen LogP contribution in [0.4, 0.5) is 5.69 Å². The van der Waals surface area contributed by atoms with Crippen LogP contribution < -0.4 is 4.83 Å². The largest absolute Gasteiger partial charge is 0.502 e. The molecule has 8 nitrogen and oxygen atoms in total. The van der Waals surface area contributed by atoms with Crippen molar-refractivity contribution in [1.82, 2.24) is 4.83 Å². The molecule has 0 aliphatic heterocycles. The highest BCUT2D eigenvalue weighted by molar-refractivity contribution is 7.89. The van der Waals surface area contributed by atoms with E-state index in [1.807, 2.05) is 11.8 Å². The van der Waals surface area contributed by atoms with Gasteiger partial charge in [-0.3, -0.25) is 10.1 Å². The topological polar surface area (TPSA) is 122 Å². The third kappa shape index (κ3) is 4.04. The van der Waals surface area contributed by atoms with Crippen molar-refractivity contribution in [2.24, 2.45) is 5.10 Å². The second-order valence-corrected chi connectivity index (χ2v) is 6.33. The van der Waals surface area contributed by atoms with Crippen LogP contribution in [0.3, 0.4) is 0 Å². The summed E-state index contributed by atoms with van der Waals surface area (Å²) in [6.45, 7) is 1.83. The molecule has 120 valence electrons. The van der Waals surface area contributed by atoms with Crippen molar-refractivity contribution in [2.75, 3.05) is 0 Å². The normalized spacial score (nSPS) is 11.5. The van der Waals surface area contributed by atoms with E-state index >= 15 is 0 Å². The van der Waals surface area contributed by atoms with E-state index in [1.54, 1.807) is 12.1 Å². The number of nitrogens with one attached hydrogen (secondary N) is 1. The molecule has 0 saturated heterocycles. The maximum atomic E-state index is 12.0. The second kappa shape index (κ2) is 6.44. The molecule has 0 amide bonds. The van der Waals surface area contributed by atoms with Crippen LogP contribution in [-0.2, 0) is 10.0 Å². The molecule has 0 aliphatic rings. The predicted molar refractivity (Wildman–Crippen MR) is 83.9 cm³/mol. The van der Waals surface area contributed by atoms with Crippen LogP contribution in [0.15, 0.2) is 52.5 Å². The Kier molecular flexibility index (Phi) is 4.60. The standard InChI is InChI=1S/C14H13N3O5S/c1-10-2-5-12(6-3-10)23(21,22)16-15-9-11-4-7-14(18)13(8-11)17(19)20/h2-9,16,18H,1H3/b15-9+. The van der Waals surface area contributed by atoms with Gasteiger partial charge in [-0.05, 0) is 31.2 Å². The Bertz CT molecular complexity index is 860. The molecule has 0 bridgehead atoms. The molecule has 2 aromatic carbocycles. The summed E-state index contributed by atoms with van der Waals surface area (Å²) in [6.07, 6.45) is 1.11. The summed E-state index contributed by atoms with van der Waals surface area (Å²) in [5.41, 5.74) is 0.695. The second-order valence-electron chi connectivity index (χ2n) is 4.67. The predicted octanol–water partition coefficient (Wildman–Crippen LogP) is 1.92. The highest BCUT2D eigenvalue weighted by Crippen LogP contribution is 2.25. The first kappa shape index (κ1) is 16.4. The van der Waals surface area contributed by atoms with Gasteiger partial charge in [-0.2, -0.15) is 13.5 Å². The van der Waals surface area contributed by atoms with Gasteiger partial charge in [0.15, 0.2) is 5.75 Å². The summed E-state index contributed by atoms with van der Waals surface area (Å²) in [5, 5.41) is 23.6. The molecular weight excluding hydrogens is 322 g/mol. The first-order valence-corrected chi connectivity index (χ1v) is 7.87. The van der Waals surface area contributed by atoms with Gasteiger partial charge >= 0.3 is 5.69 Å². The number of hydrogen-bond donors (Lipinski definition) is 2. The van der Waals surface area contributed by atoms with E-state index in [0.29, 0.717) is 0 Å². The lowest BCUT2D eigenvalue weighted by molar-refractivity contribution is -0.385. The van der Waals surface area contributed by atoms with Crippen molar-refractivity contribution in [1.29, 1.82) is 0 Å². The minimum Gasteiger partial charge on any atom is -0.502 e. The Labute approximate surface area is 132 Å². The summed E-state index contributed by atoms with van der Waals surface area (Å²) in [4.78, 5) is 12.0. The van der Waals surface area contributed by atoms with Crippen LogP contribution in [0.2, 0.25) is 0 Å². The fraction of sp³-hybridized carbons (Fsp3) is 0.0714. The Morgan fingerprint density at radius 2 is 1.87 bits per heavy atom. The van der Waals surface area contributed by atoms with E-state index in [9.17, 15) is 23.6 Å². The lowest BCUT2D eigenvalue weighted by Gasteiger charge is -2.03. The molecule has 0 aromatic heterocycles. The Morgan fingerprint density at radius 3 is 2.48 bits per heavy atom. The Balaban J connectivity index is 2.17. The van der Waals surface area contributed by atoms with Gasteiger partial charge in [0, 0.05) is 11.6 Å². The average molecular weight is 335 g/mol. The third-order valence-electron chi connectivity index (χ3n) is 2.91. The zero-order valence-electron chi connectivity index (χ0n) is 12.0. The summed E-state index contributed by atoms with van der Waals surface area (Å²) < 4.78 is 24.0. The van der Waals surface area contributed by atoms with Gasteiger partial charge < -0.3 is 5.11 Å². The zero-order valence-corrected chi connectivity index (χ0v) is 12.8. The minimum absolute atomic E-state index is 0.0527. The van der Waals surface area contributed by atoms with E-state index in [0.717, 1.165) is 23.9 Å². The van der Waals surface area contributed by atoms with Crippen molar-refractivity contribution < 1.29 is 18.4 Å². The van der Waals surface area contributed by atoms with Crippen LogP contribution in [0.5, 0.6) is 5.75 Å². The molecule has 0 saturated carbocycles. The molecule has 9 heteroatoms. The number of aryl methyl sites for hydroxylation is 1. The fourth-order valence-corrected chi connectivity index (χ4v) is 2.50. The number of nitro benzene ring substituents is 1. The number of sulfonamides is 1. The van der Waals surface area contributed by atoms with E-state index in [4.69, 9.17) is 0 Å². The average Bonchev–Trinajstić information content (AvgIpc) is 2.49. The first-order valence-electron chi connectivity index (χ1n) is 6.38. The molecule has 0 radical (unpaired) electrons. The summed E-state index contributed by atoms with van der Waals surface area (Å²) in [6, 6.07) is 9.78. The van der Waals surface area contributed by atoms with E-state index in [1.165, 1.54) is 18.2 Å². The van der Waals surface area contributed by atoms with Crippen LogP contribution in [0.1, 0.15) is 11.1 Å². The van der Waals surface area contributed by atoms with Gasteiger partial charge in [-0.25, -0.2) is 4.83 Å². The zero-order chi connectivity index (χ0) is 17.0. The quantitative estimate of drug-likeness (QED) is 0.491. The van der Waals surface area contributed by atoms with Crippen LogP contribution >= 0.6 is 0 Å². The fourth-order valence-electron chi connectivity index (χ4n) is 1.71. The van der Waals surface area contributed by atoms with Crippen molar-refractivity contribution in [2.45, 2.75) is 11.8 Å². The van der Waals surface area contributed by atoms with Crippen LogP contribution in [0.25, 0.3) is 0 Å². The number of phenolic OH excluding ortho intramolecular Hbond substituents is 1. The number of phenols is 1. The number of benzene rings is 2. The van der Waals surface area contributed by atoms with Gasteiger partial charge in [-0.15, -0.1) is 0 Å².